The molecule has 1 N–H and O–H groups in total. The second kappa shape index (κ2) is 6.39. The van der Waals surface area contributed by atoms with E-state index in [0.29, 0.717) is 30.3 Å². The number of piperazine rings is 1. The quantitative estimate of drug-likeness (QED) is 0.831. The minimum atomic E-state index is -3.56. The lowest BCUT2D eigenvalue weighted by Gasteiger charge is -2.34. The van der Waals surface area contributed by atoms with Crippen LogP contribution < -0.4 is 5.32 Å². The molecule has 3 rings (SSSR count). The summed E-state index contributed by atoms with van der Waals surface area (Å²) in [5, 5.41) is 2.65. The predicted molar refractivity (Wildman–Crippen MR) is 85.8 cm³/mol. The highest BCUT2D eigenvalue weighted by Gasteiger charge is 2.35. The van der Waals surface area contributed by atoms with Gasteiger partial charge in [-0.15, -0.1) is 11.3 Å². The monoisotopic (exact) mass is 377 g/mol. The normalized spacial score (nSPS) is 23.1. The highest BCUT2D eigenvalue weighted by molar-refractivity contribution is 7.91. The van der Waals surface area contributed by atoms with Crippen molar-refractivity contribution in [2.75, 3.05) is 26.2 Å². The number of nitrogens with zero attached hydrogens (tertiary/aromatic N) is 2. The van der Waals surface area contributed by atoms with Gasteiger partial charge in [0.05, 0.1) is 4.34 Å². The molecule has 0 unspecified atom stereocenters. The summed E-state index contributed by atoms with van der Waals surface area (Å²) in [6, 6.07) is 2.58. The van der Waals surface area contributed by atoms with E-state index in [9.17, 15) is 18.0 Å². The molecule has 0 saturated carbocycles. The molecule has 2 aliphatic heterocycles. The third kappa shape index (κ3) is 3.37. The van der Waals surface area contributed by atoms with E-state index < -0.39 is 16.1 Å². The summed E-state index contributed by atoms with van der Waals surface area (Å²) in [6.45, 7) is 1.13. The maximum atomic E-state index is 12.5. The molecule has 7 nitrogen and oxygen atoms in total. The van der Waals surface area contributed by atoms with E-state index >= 15 is 0 Å². The Hall–Kier alpha value is -1.16. The molecule has 0 spiro atoms. The fraction of sp³-hybridized carbons (Fsp3) is 0.538. The number of nitrogens with one attached hydrogen (secondary N) is 1. The van der Waals surface area contributed by atoms with E-state index in [2.05, 4.69) is 5.32 Å². The average Bonchev–Trinajstić information content (AvgIpc) is 3.15. The second-order valence-corrected chi connectivity index (χ2v) is 9.33. The number of halogens is 1. The maximum absolute atomic E-state index is 12.5. The van der Waals surface area contributed by atoms with Crippen molar-refractivity contribution < 1.29 is 18.0 Å². The number of hydrogen-bond acceptors (Lipinski definition) is 5. The molecule has 0 aromatic carbocycles. The summed E-state index contributed by atoms with van der Waals surface area (Å²) >= 11 is 6.83. The van der Waals surface area contributed by atoms with Gasteiger partial charge in [0.2, 0.25) is 11.8 Å². The van der Waals surface area contributed by atoms with Crippen molar-refractivity contribution in [2.45, 2.75) is 23.1 Å². The third-order valence-electron chi connectivity index (χ3n) is 3.99. The van der Waals surface area contributed by atoms with E-state index in [0.717, 1.165) is 11.3 Å². The van der Waals surface area contributed by atoms with Gasteiger partial charge in [0.25, 0.3) is 10.0 Å². The molecule has 23 heavy (non-hydrogen) atoms. The summed E-state index contributed by atoms with van der Waals surface area (Å²) < 4.78 is 27.0. The van der Waals surface area contributed by atoms with E-state index in [1.165, 1.54) is 10.4 Å². The Labute approximate surface area is 143 Å². The van der Waals surface area contributed by atoms with Gasteiger partial charge in [-0.05, 0) is 18.6 Å². The first-order chi connectivity index (χ1) is 10.9. The number of amides is 2. The van der Waals surface area contributed by atoms with Crippen molar-refractivity contribution in [3.05, 3.63) is 16.5 Å². The number of sulfonamides is 1. The summed E-state index contributed by atoms with van der Waals surface area (Å²) in [4.78, 5) is 25.1. The van der Waals surface area contributed by atoms with Crippen LogP contribution in [0.5, 0.6) is 0 Å². The van der Waals surface area contributed by atoms with Crippen LogP contribution >= 0.6 is 22.9 Å². The Morgan fingerprint density at radius 3 is 2.48 bits per heavy atom. The zero-order valence-electron chi connectivity index (χ0n) is 12.2. The summed E-state index contributed by atoms with van der Waals surface area (Å²) in [7, 11) is -3.56. The van der Waals surface area contributed by atoms with Gasteiger partial charge in [0, 0.05) is 32.6 Å². The molecular weight excluding hydrogens is 362 g/mol. The molecule has 1 aromatic heterocycles. The summed E-state index contributed by atoms with van der Waals surface area (Å²) in [5.74, 6) is -0.244. The first-order valence-corrected chi connectivity index (χ1v) is 9.85. The minimum absolute atomic E-state index is 0.112. The van der Waals surface area contributed by atoms with Crippen LogP contribution in [0.1, 0.15) is 12.8 Å². The molecule has 2 fully saturated rings. The number of hydrogen-bond donors (Lipinski definition) is 1. The van der Waals surface area contributed by atoms with Gasteiger partial charge >= 0.3 is 0 Å². The molecule has 10 heteroatoms. The number of rotatable bonds is 3. The second-order valence-electron chi connectivity index (χ2n) is 5.45. The van der Waals surface area contributed by atoms with Crippen molar-refractivity contribution in [1.29, 1.82) is 0 Å². The highest BCUT2D eigenvalue weighted by atomic mass is 35.5. The van der Waals surface area contributed by atoms with Gasteiger partial charge < -0.3 is 10.2 Å². The van der Waals surface area contributed by atoms with Crippen molar-refractivity contribution in [3.8, 4) is 0 Å². The highest BCUT2D eigenvalue weighted by Crippen LogP contribution is 2.28. The van der Waals surface area contributed by atoms with Crippen molar-refractivity contribution in [2.24, 2.45) is 0 Å². The molecule has 0 bridgehead atoms. The molecule has 126 valence electrons. The Balaban J connectivity index is 1.62. The van der Waals surface area contributed by atoms with Gasteiger partial charge in [0.15, 0.2) is 0 Å². The van der Waals surface area contributed by atoms with Crippen LogP contribution in [-0.2, 0) is 19.6 Å². The van der Waals surface area contributed by atoms with E-state index in [-0.39, 0.29) is 29.1 Å². The van der Waals surface area contributed by atoms with Gasteiger partial charge in [0.1, 0.15) is 10.3 Å². The van der Waals surface area contributed by atoms with Crippen molar-refractivity contribution in [1.82, 2.24) is 14.5 Å². The molecule has 1 atom stereocenters. The van der Waals surface area contributed by atoms with E-state index in [1.807, 2.05) is 0 Å². The largest absolute Gasteiger partial charge is 0.344 e. The van der Waals surface area contributed by atoms with Crippen LogP contribution in [-0.4, -0.2) is 61.7 Å². The zero-order chi connectivity index (χ0) is 16.6. The molecule has 1 aromatic rings. The SMILES string of the molecule is O=C1CC[C@H](C(=O)N2CCN(S(=O)(=O)c3ccc(Cl)s3)CC2)N1. The predicted octanol–water partition coefficient (Wildman–Crippen LogP) is 0.513. The topological polar surface area (TPSA) is 86.8 Å². The molecule has 2 amide bonds. The Kier molecular flexibility index (Phi) is 4.63. The molecule has 2 saturated heterocycles. The Morgan fingerprint density at radius 1 is 1.26 bits per heavy atom. The van der Waals surface area contributed by atoms with Crippen molar-refractivity contribution >= 4 is 44.8 Å². The standard InChI is InChI=1S/C13H16ClN3O4S2/c14-10-2-4-12(22-10)23(20,21)17-7-5-16(6-8-17)13(19)9-1-3-11(18)15-9/h2,4,9H,1,3,5-8H2,(H,15,18)/t9-/m1/s1. The Bertz CT molecular complexity index is 725. The molecule has 2 aliphatic rings. The molecule has 0 aliphatic carbocycles. The number of carbonyl (C=O) groups is 2. The first-order valence-electron chi connectivity index (χ1n) is 7.21. The third-order valence-corrected chi connectivity index (χ3v) is 7.58. The van der Waals surface area contributed by atoms with Crippen LogP contribution in [0.4, 0.5) is 0 Å². The molecule has 3 heterocycles. The first kappa shape index (κ1) is 16.7. The Morgan fingerprint density at radius 2 is 1.96 bits per heavy atom. The summed E-state index contributed by atoms with van der Waals surface area (Å²) in [6.07, 6.45) is 0.869. The lowest BCUT2D eigenvalue weighted by molar-refractivity contribution is -0.135. The minimum Gasteiger partial charge on any atom is -0.344 e. The fourth-order valence-corrected chi connectivity index (χ4v) is 5.79. The maximum Gasteiger partial charge on any atom is 0.252 e. The fourth-order valence-electron chi connectivity index (χ4n) is 2.73. The van der Waals surface area contributed by atoms with Crippen LogP contribution in [0, 0.1) is 0 Å². The average molecular weight is 378 g/mol. The van der Waals surface area contributed by atoms with Crippen molar-refractivity contribution in [3.63, 3.8) is 0 Å². The van der Waals surface area contributed by atoms with Gasteiger partial charge in [-0.2, -0.15) is 4.31 Å². The molecular formula is C13H16ClN3O4S2. The summed E-state index contributed by atoms with van der Waals surface area (Å²) in [5.41, 5.74) is 0. The van der Waals surface area contributed by atoms with Crippen LogP contribution in [0.15, 0.2) is 16.3 Å². The van der Waals surface area contributed by atoms with Gasteiger partial charge in [-0.1, -0.05) is 11.6 Å². The smallest absolute Gasteiger partial charge is 0.252 e. The zero-order valence-corrected chi connectivity index (χ0v) is 14.6. The lowest BCUT2D eigenvalue weighted by atomic mass is 10.2. The van der Waals surface area contributed by atoms with E-state index in [1.54, 1.807) is 11.0 Å². The number of thiophene rings is 1. The van der Waals surface area contributed by atoms with E-state index in [4.69, 9.17) is 11.6 Å². The van der Waals surface area contributed by atoms with Crippen LogP contribution in [0.25, 0.3) is 0 Å². The number of carbonyl (C=O) groups excluding carboxylic acids is 2. The van der Waals surface area contributed by atoms with Crippen LogP contribution in [0.2, 0.25) is 4.34 Å². The van der Waals surface area contributed by atoms with Gasteiger partial charge in [-0.25, -0.2) is 8.42 Å². The lowest BCUT2D eigenvalue weighted by Crippen LogP contribution is -2.54. The van der Waals surface area contributed by atoms with Crippen LogP contribution in [0.3, 0.4) is 0 Å². The van der Waals surface area contributed by atoms with Gasteiger partial charge in [-0.3, -0.25) is 9.59 Å². The molecule has 0 radical (unpaired) electrons.